The molecule has 0 unspecified atom stereocenters. The van der Waals surface area contributed by atoms with Crippen LogP contribution in [0.4, 0.5) is 74.6 Å². The first kappa shape index (κ1) is 41.2. The standard InChI is InChI=1S/C20H24F17NO4S/c1-2-3-4-5-6-7-8-9-10-38(11-12(39)40)43(41,42)20(36,37)18(31,32)16(27,28)14(23,24)13(21,22)15(25,26)17(29,30)19(33,34)35/h2-11H2,1H3,(H,39,40). The summed E-state index contributed by atoms with van der Waals surface area (Å²) >= 11 is 0. The SMILES string of the molecule is CCCCCCCCCCN(CC(=O)O)S(=O)(=O)C(F)(F)C(F)(F)C(F)(F)C(F)(F)C(F)(F)C(F)(F)C(F)(F)C(F)(F)F. The topological polar surface area (TPSA) is 74.7 Å². The molecule has 0 amide bonds. The maximum atomic E-state index is 14.4. The zero-order valence-corrected chi connectivity index (χ0v) is 22.3. The van der Waals surface area contributed by atoms with Gasteiger partial charge in [0.25, 0.3) is 10.0 Å². The molecule has 5 nitrogen and oxygen atoms in total. The maximum absolute atomic E-state index is 14.4. The van der Waals surface area contributed by atoms with Crippen molar-refractivity contribution in [1.29, 1.82) is 0 Å². The highest BCUT2D eigenvalue weighted by Gasteiger charge is 2.96. The van der Waals surface area contributed by atoms with Gasteiger partial charge in [0.1, 0.15) is 6.54 Å². The zero-order valence-electron chi connectivity index (χ0n) is 21.5. The largest absolute Gasteiger partial charge is 0.480 e. The summed E-state index contributed by atoms with van der Waals surface area (Å²) in [5.74, 6) is -54.7. The molecule has 0 aromatic heterocycles. The number of hydrogen-bond donors (Lipinski definition) is 1. The van der Waals surface area contributed by atoms with E-state index >= 15 is 0 Å². The van der Waals surface area contributed by atoms with E-state index in [0.717, 1.165) is 19.3 Å². The molecule has 0 atom stereocenters. The predicted molar refractivity (Wildman–Crippen MR) is 111 cm³/mol. The number of aliphatic carboxylic acids is 1. The van der Waals surface area contributed by atoms with Crippen molar-refractivity contribution in [2.24, 2.45) is 0 Å². The quantitative estimate of drug-likeness (QED) is 0.110. The minimum atomic E-state index is -8.95. The molecule has 0 aromatic rings. The van der Waals surface area contributed by atoms with Crippen LogP contribution in [0.2, 0.25) is 0 Å². The molecule has 0 radical (unpaired) electrons. The first-order valence-electron chi connectivity index (χ1n) is 11.8. The van der Waals surface area contributed by atoms with Crippen LogP contribution in [0.5, 0.6) is 0 Å². The Morgan fingerprint density at radius 2 is 0.884 bits per heavy atom. The van der Waals surface area contributed by atoms with Crippen LogP contribution in [0.1, 0.15) is 58.3 Å². The van der Waals surface area contributed by atoms with Crippen LogP contribution in [0, 0.1) is 0 Å². The van der Waals surface area contributed by atoms with Gasteiger partial charge in [-0.2, -0.15) is 78.9 Å². The monoisotopic (exact) mass is 697 g/mol. The highest BCUT2D eigenvalue weighted by atomic mass is 32.2. The highest BCUT2D eigenvalue weighted by Crippen LogP contribution is 2.64. The number of carboxylic acid groups (broad SMARTS) is 1. The van der Waals surface area contributed by atoms with Crippen LogP contribution < -0.4 is 0 Å². The summed E-state index contributed by atoms with van der Waals surface area (Å²) in [6, 6.07) is 0. The minimum absolute atomic E-state index is 0.136. The second-order valence-corrected chi connectivity index (χ2v) is 11.1. The molecule has 0 aliphatic heterocycles. The van der Waals surface area contributed by atoms with Gasteiger partial charge in [-0.3, -0.25) is 4.79 Å². The van der Waals surface area contributed by atoms with E-state index in [4.69, 9.17) is 5.11 Å². The first-order chi connectivity index (χ1) is 18.9. The van der Waals surface area contributed by atoms with Crippen LogP contribution >= 0.6 is 0 Å². The van der Waals surface area contributed by atoms with Crippen molar-refractivity contribution >= 4 is 16.0 Å². The molecule has 0 aliphatic rings. The number of carboxylic acids is 1. The Kier molecular flexibility index (Phi) is 12.7. The number of alkyl halides is 17. The molecule has 43 heavy (non-hydrogen) atoms. The molecular formula is C20H24F17NO4S. The summed E-state index contributed by atoms with van der Waals surface area (Å²) in [6.45, 7) is -1.87. The fraction of sp³-hybridized carbons (Fsp3) is 0.950. The number of halogens is 17. The normalized spacial score (nSPS) is 15.3. The Hall–Kier alpha value is -1.81. The van der Waals surface area contributed by atoms with E-state index in [1.807, 2.05) is 6.92 Å². The number of sulfonamides is 1. The van der Waals surface area contributed by atoms with Crippen LogP contribution in [-0.4, -0.2) is 83.9 Å². The number of rotatable bonds is 19. The molecule has 0 rings (SSSR count). The zero-order chi connectivity index (χ0) is 34.7. The third kappa shape index (κ3) is 7.21. The molecular weight excluding hydrogens is 673 g/mol. The number of unbranched alkanes of at least 4 members (excludes halogenated alkanes) is 7. The molecule has 0 bridgehead atoms. The number of carbonyl (C=O) groups is 1. The van der Waals surface area contributed by atoms with E-state index in [-0.39, 0.29) is 12.8 Å². The molecule has 258 valence electrons. The van der Waals surface area contributed by atoms with Gasteiger partial charge in [-0.25, -0.2) is 8.42 Å². The van der Waals surface area contributed by atoms with Crippen LogP contribution in [0.25, 0.3) is 0 Å². The van der Waals surface area contributed by atoms with Gasteiger partial charge in [-0.15, -0.1) is 0 Å². The lowest BCUT2D eigenvalue weighted by Gasteiger charge is -2.43. The van der Waals surface area contributed by atoms with Gasteiger partial charge in [0.2, 0.25) is 0 Å². The van der Waals surface area contributed by atoms with E-state index in [1.165, 1.54) is 0 Å². The van der Waals surface area contributed by atoms with Crippen LogP contribution in [0.15, 0.2) is 0 Å². The van der Waals surface area contributed by atoms with Gasteiger partial charge >= 0.3 is 52.9 Å². The average Bonchev–Trinajstić information content (AvgIpc) is 2.82. The molecule has 23 heteroatoms. The summed E-state index contributed by atoms with van der Waals surface area (Å²) in [6.07, 6.45) is -5.09. The lowest BCUT2D eigenvalue weighted by molar-refractivity contribution is -0.458. The van der Waals surface area contributed by atoms with Crippen molar-refractivity contribution in [2.75, 3.05) is 13.1 Å². The van der Waals surface area contributed by atoms with E-state index in [1.54, 1.807) is 0 Å². The Balaban J connectivity index is 6.55. The molecule has 0 saturated heterocycles. The minimum Gasteiger partial charge on any atom is -0.480 e. The van der Waals surface area contributed by atoms with Crippen molar-refractivity contribution in [2.45, 2.75) is 105 Å². The van der Waals surface area contributed by atoms with Gasteiger partial charge in [0, 0.05) is 6.54 Å². The average molecular weight is 697 g/mol. The van der Waals surface area contributed by atoms with Gasteiger partial charge in [0.05, 0.1) is 0 Å². The highest BCUT2D eigenvalue weighted by molar-refractivity contribution is 7.90. The number of nitrogens with zero attached hydrogens (tertiary/aromatic N) is 1. The fourth-order valence-corrected chi connectivity index (χ4v) is 4.76. The van der Waals surface area contributed by atoms with E-state index in [2.05, 4.69) is 0 Å². The Morgan fingerprint density at radius 1 is 0.558 bits per heavy atom. The summed E-state index contributed by atoms with van der Waals surface area (Å²) in [7, 11) is -7.64. The Labute approximate surface area is 232 Å². The van der Waals surface area contributed by atoms with Gasteiger partial charge in [0.15, 0.2) is 0 Å². The molecule has 0 aliphatic carbocycles. The Morgan fingerprint density at radius 3 is 1.23 bits per heavy atom. The Bertz CT molecular complexity index is 1040. The summed E-state index contributed by atoms with van der Waals surface area (Å²) in [5.41, 5.74) is 0. The van der Waals surface area contributed by atoms with E-state index in [9.17, 15) is 87.8 Å². The van der Waals surface area contributed by atoms with Gasteiger partial charge < -0.3 is 5.11 Å². The van der Waals surface area contributed by atoms with Crippen molar-refractivity contribution in [1.82, 2.24) is 4.31 Å². The van der Waals surface area contributed by atoms with E-state index < -0.39 is 86.8 Å². The first-order valence-corrected chi connectivity index (χ1v) is 13.2. The van der Waals surface area contributed by atoms with Crippen molar-refractivity contribution in [3.63, 3.8) is 0 Å². The smallest absolute Gasteiger partial charge is 0.460 e. The van der Waals surface area contributed by atoms with E-state index in [0.29, 0.717) is 12.8 Å². The van der Waals surface area contributed by atoms with Crippen LogP contribution in [0.3, 0.4) is 0 Å². The second-order valence-electron chi connectivity index (χ2n) is 9.17. The molecule has 0 fully saturated rings. The molecule has 0 aromatic carbocycles. The van der Waals surface area contributed by atoms with Crippen molar-refractivity contribution in [3.05, 3.63) is 0 Å². The summed E-state index contributed by atoms with van der Waals surface area (Å²) in [5, 5.41) is 0.937. The van der Waals surface area contributed by atoms with Crippen molar-refractivity contribution < 1.29 is 93.0 Å². The molecule has 0 saturated carbocycles. The van der Waals surface area contributed by atoms with Gasteiger partial charge in [-0.05, 0) is 6.42 Å². The fourth-order valence-electron chi connectivity index (χ4n) is 3.33. The molecule has 0 spiro atoms. The number of hydrogen-bond acceptors (Lipinski definition) is 3. The third-order valence-corrected chi connectivity index (χ3v) is 7.83. The van der Waals surface area contributed by atoms with Crippen molar-refractivity contribution in [3.8, 4) is 0 Å². The van der Waals surface area contributed by atoms with Crippen LogP contribution in [-0.2, 0) is 14.8 Å². The molecule has 0 heterocycles. The lowest BCUT2D eigenvalue weighted by Crippen LogP contribution is -2.75. The third-order valence-electron chi connectivity index (χ3n) is 5.93. The molecule has 1 N–H and O–H groups in total. The maximum Gasteiger partial charge on any atom is 0.460 e. The van der Waals surface area contributed by atoms with Gasteiger partial charge in [-0.1, -0.05) is 51.9 Å². The summed E-state index contributed by atoms with van der Waals surface area (Å²) < 4.78 is 252. The summed E-state index contributed by atoms with van der Waals surface area (Å²) in [4.78, 5) is 10.9. The predicted octanol–water partition coefficient (Wildman–Crippen LogP) is 7.81. The lowest BCUT2D eigenvalue weighted by atomic mass is 9.91. The second kappa shape index (κ2) is 13.3.